The van der Waals surface area contributed by atoms with E-state index in [1.807, 2.05) is 0 Å². The summed E-state index contributed by atoms with van der Waals surface area (Å²) in [5.41, 5.74) is -1.51. The van der Waals surface area contributed by atoms with E-state index in [1.54, 1.807) is 41.5 Å². The molecule has 0 amide bonds. The number of benzene rings is 2. The molecule has 3 rings (SSSR count). The molecule has 3 aromatic rings. The van der Waals surface area contributed by atoms with E-state index in [4.69, 9.17) is 18.9 Å². The van der Waals surface area contributed by atoms with E-state index in [2.05, 4.69) is 0 Å². The van der Waals surface area contributed by atoms with Gasteiger partial charge in [-0.05, 0) is 53.7 Å². The average molecular weight is 472 g/mol. The highest BCUT2D eigenvalue weighted by Crippen LogP contribution is 2.27. The number of ether oxygens (including phenoxy) is 4. The third-order valence-corrected chi connectivity index (χ3v) is 4.33. The minimum Gasteiger partial charge on any atom is -0.617 e. The molecule has 10 heteroatoms. The van der Waals surface area contributed by atoms with Crippen LogP contribution in [-0.2, 0) is 19.1 Å². The maximum Gasteiger partial charge on any atom is 0.344 e. The molecule has 0 bridgehead atoms. The molecule has 0 aliphatic carbocycles. The maximum atomic E-state index is 13.2. The van der Waals surface area contributed by atoms with Crippen LogP contribution in [-0.4, -0.2) is 36.4 Å². The van der Waals surface area contributed by atoms with Gasteiger partial charge in [-0.3, -0.25) is 0 Å². The fourth-order valence-electron chi connectivity index (χ4n) is 3.25. The van der Waals surface area contributed by atoms with Gasteiger partial charge in [-0.25, -0.2) is 9.59 Å². The van der Waals surface area contributed by atoms with Crippen molar-refractivity contribution >= 4 is 34.0 Å². The molecule has 0 saturated heterocycles. The third kappa shape index (κ3) is 5.75. The summed E-state index contributed by atoms with van der Waals surface area (Å²) >= 11 is 0. The Kier molecular flexibility index (Phi) is 6.72. The molecule has 2 aromatic carbocycles. The normalized spacial score (nSPS) is 11.9. The van der Waals surface area contributed by atoms with E-state index in [0.717, 1.165) is 0 Å². The summed E-state index contributed by atoms with van der Waals surface area (Å²) in [7, 11) is 0. The van der Waals surface area contributed by atoms with Crippen LogP contribution in [0, 0.1) is 10.4 Å². The van der Waals surface area contributed by atoms with Crippen molar-refractivity contribution < 1.29 is 38.0 Å². The summed E-state index contributed by atoms with van der Waals surface area (Å²) in [6, 6.07) is 8.90. The van der Waals surface area contributed by atoms with Crippen LogP contribution in [0.4, 0.5) is 0 Å². The van der Waals surface area contributed by atoms with Crippen LogP contribution in [0.1, 0.15) is 41.5 Å². The van der Waals surface area contributed by atoms with Gasteiger partial charge in [0.2, 0.25) is 0 Å². The Morgan fingerprint density at radius 3 is 1.38 bits per heavy atom. The fraction of sp³-hybridized carbons (Fsp3) is 0.417. The minimum atomic E-state index is -0.693. The second-order valence-electron chi connectivity index (χ2n) is 9.59. The lowest BCUT2D eigenvalue weighted by Crippen LogP contribution is -2.40. The lowest BCUT2D eigenvalue weighted by Gasteiger charge is -2.19. The Hall–Kier alpha value is -3.82. The SMILES string of the molecule is CC(C)(C)OC(=O)COc1cccc2c1[n+]([O-])c1cccc(OCC(=O)OC(C)(C)C)c1[n+]2[O-]. The Balaban J connectivity index is 1.98. The zero-order valence-corrected chi connectivity index (χ0v) is 20.0. The summed E-state index contributed by atoms with van der Waals surface area (Å²) in [4.78, 5) is 24.1. The molecule has 0 fully saturated rings. The first-order chi connectivity index (χ1) is 15.8. The first-order valence-electron chi connectivity index (χ1n) is 10.7. The third-order valence-electron chi connectivity index (χ3n) is 4.33. The smallest absolute Gasteiger partial charge is 0.344 e. The van der Waals surface area contributed by atoms with Crippen molar-refractivity contribution in [3.8, 4) is 11.5 Å². The fourth-order valence-corrected chi connectivity index (χ4v) is 3.25. The number of aromatic nitrogens is 2. The molecule has 0 atom stereocenters. The van der Waals surface area contributed by atoms with Gasteiger partial charge in [-0.2, -0.15) is 9.46 Å². The maximum absolute atomic E-state index is 13.2. The monoisotopic (exact) mass is 472 g/mol. The Morgan fingerprint density at radius 1 is 0.706 bits per heavy atom. The molecule has 0 radical (unpaired) electrons. The van der Waals surface area contributed by atoms with Crippen LogP contribution in [0.2, 0.25) is 0 Å². The molecule has 1 heterocycles. The Labute approximate surface area is 196 Å². The molecular formula is C24H28N2O8. The number of nitrogens with zero attached hydrogens (tertiary/aromatic N) is 2. The van der Waals surface area contributed by atoms with Gasteiger partial charge in [-0.1, -0.05) is 12.1 Å². The number of carbonyl (C=O) groups is 2. The number of hydrogen-bond acceptors (Lipinski definition) is 8. The van der Waals surface area contributed by atoms with Gasteiger partial charge in [0.1, 0.15) is 11.2 Å². The molecule has 0 aliphatic rings. The van der Waals surface area contributed by atoms with Gasteiger partial charge in [0, 0.05) is 12.1 Å². The molecule has 0 spiro atoms. The number of rotatable bonds is 6. The van der Waals surface area contributed by atoms with E-state index in [9.17, 15) is 20.0 Å². The highest BCUT2D eigenvalue weighted by Gasteiger charge is 2.29. The van der Waals surface area contributed by atoms with Crippen molar-refractivity contribution in [1.29, 1.82) is 0 Å². The van der Waals surface area contributed by atoms with Gasteiger partial charge in [0.05, 0.1) is 0 Å². The topological polar surface area (TPSA) is 125 Å². The number of para-hydroxylation sites is 2. The minimum absolute atomic E-state index is 0.00231. The second-order valence-corrected chi connectivity index (χ2v) is 9.59. The van der Waals surface area contributed by atoms with Crippen molar-refractivity contribution in [3.63, 3.8) is 0 Å². The van der Waals surface area contributed by atoms with Crippen LogP contribution >= 0.6 is 0 Å². The number of carbonyl (C=O) groups excluding carboxylic acids is 2. The predicted octanol–water partition coefficient (Wildman–Crippen LogP) is 2.70. The zero-order chi connectivity index (χ0) is 25.3. The van der Waals surface area contributed by atoms with Gasteiger partial charge in [0.15, 0.2) is 24.7 Å². The number of hydrogen-bond donors (Lipinski definition) is 0. The van der Waals surface area contributed by atoms with E-state index < -0.39 is 36.4 Å². The highest BCUT2D eigenvalue weighted by molar-refractivity contribution is 5.84. The lowest BCUT2D eigenvalue weighted by atomic mass is 10.2. The molecule has 182 valence electrons. The summed E-state index contributed by atoms with van der Waals surface area (Å²) < 4.78 is 22.6. The first-order valence-corrected chi connectivity index (χ1v) is 10.7. The standard InChI is InChI=1S/C24H28N2O8/c1-23(2,3)33-19(27)13-31-17-11-7-9-15-21(17)25(29)16-10-8-12-18(22(16)26(15)30)32-14-20(28)34-24(4,5)6/h7-12H,13-14H2,1-6H3. The first kappa shape index (κ1) is 24.8. The summed E-state index contributed by atoms with van der Waals surface area (Å²) in [6.45, 7) is 9.48. The van der Waals surface area contributed by atoms with Crippen LogP contribution in [0.25, 0.3) is 22.1 Å². The van der Waals surface area contributed by atoms with Gasteiger partial charge >= 0.3 is 23.0 Å². The highest BCUT2D eigenvalue weighted by atomic mass is 16.6. The van der Waals surface area contributed by atoms with Crippen LogP contribution in [0.15, 0.2) is 36.4 Å². The van der Waals surface area contributed by atoms with E-state index >= 15 is 0 Å². The summed E-state index contributed by atoms with van der Waals surface area (Å²) in [5.74, 6) is -1.14. The number of esters is 2. The lowest BCUT2D eigenvalue weighted by molar-refractivity contribution is -0.591. The Morgan fingerprint density at radius 2 is 1.06 bits per heavy atom. The van der Waals surface area contributed by atoms with Crippen LogP contribution in [0.5, 0.6) is 11.5 Å². The molecule has 1 aromatic heterocycles. The van der Waals surface area contributed by atoms with Crippen molar-refractivity contribution in [2.45, 2.75) is 52.7 Å². The molecule has 0 N–H and O–H groups in total. The Bertz CT molecular complexity index is 1140. The van der Waals surface area contributed by atoms with Gasteiger partial charge in [-0.15, -0.1) is 0 Å². The number of fused-ring (bicyclic) bond motifs is 2. The second kappa shape index (κ2) is 9.20. The van der Waals surface area contributed by atoms with Gasteiger partial charge < -0.3 is 29.4 Å². The van der Waals surface area contributed by atoms with Crippen molar-refractivity contribution in [2.75, 3.05) is 13.2 Å². The largest absolute Gasteiger partial charge is 0.617 e. The van der Waals surface area contributed by atoms with Crippen LogP contribution < -0.4 is 18.9 Å². The summed E-state index contributed by atoms with van der Waals surface area (Å²) in [6.07, 6.45) is 0. The van der Waals surface area contributed by atoms with Crippen molar-refractivity contribution in [2.24, 2.45) is 0 Å². The molecule has 10 nitrogen and oxygen atoms in total. The van der Waals surface area contributed by atoms with E-state index in [0.29, 0.717) is 9.46 Å². The van der Waals surface area contributed by atoms with E-state index in [-0.39, 0.29) is 33.6 Å². The van der Waals surface area contributed by atoms with Crippen LogP contribution in [0.3, 0.4) is 0 Å². The van der Waals surface area contributed by atoms with Crippen molar-refractivity contribution in [3.05, 3.63) is 46.8 Å². The molecular weight excluding hydrogens is 444 g/mol. The van der Waals surface area contributed by atoms with Crippen molar-refractivity contribution in [1.82, 2.24) is 0 Å². The molecule has 34 heavy (non-hydrogen) atoms. The predicted molar refractivity (Wildman–Crippen MR) is 122 cm³/mol. The molecule has 0 saturated carbocycles. The van der Waals surface area contributed by atoms with Gasteiger partial charge in [0.25, 0.3) is 11.0 Å². The molecule has 0 aliphatic heterocycles. The summed E-state index contributed by atoms with van der Waals surface area (Å²) in [5, 5.41) is 26.5. The average Bonchev–Trinajstić information content (AvgIpc) is 2.71. The quantitative estimate of drug-likeness (QED) is 0.232. The molecule has 0 unspecified atom stereocenters. The zero-order valence-electron chi connectivity index (χ0n) is 20.0. The van der Waals surface area contributed by atoms with E-state index in [1.165, 1.54) is 36.4 Å².